The fraction of sp³-hybridized carbons (Fsp3) is 0. The second kappa shape index (κ2) is 4.04. The zero-order chi connectivity index (χ0) is 10.8. The van der Waals surface area contributed by atoms with Crippen LogP contribution < -0.4 is 0 Å². The Labute approximate surface area is 96.0 Å². The van der Waals surface area contributed by atoms with Crippen LogP contribution in [0.3, 0.4) is 0 Å². The van der Waals surface area contributed by atoms with E-state index >= 15 is 0 Å². The molecule has 0 amide bonds. The Kier molecular flexibility index (Phi) is 2.75. The van der Waals surface area contributed by atoms with Gasteiger partial charge in [0.05, 0.1) is 5.02 Å². The van der Waals surface area contributed by atoms with Gasteiger partial charge in [0, 0.05) is 10.6 Å². The molecule has 5 heteroatoms. The summed E-state index contributed by atoms with van der Waals surface area (Å²) in [7, 11) is 0. The number of halogens is 2. The predicted molar refractivity (Wildman–Crippen MR) is 59.4 cm³/mol. The van der Waals surface area contributed by atoms with Crippen molar-refractivity contribution in [2.45, 2.75) is 0 Å². The monoisotopic (exact) mass is 240 g/mol. The minimum atomic E-state index is 0.270. The summed E-state index contributed by atoms with van der Waals surface area (Å²) in [6, 6.07) is 7.11. The van der Waals surface area contributed by atoms with Crippen molar-refractivity contribution in [3.63, 3.8) is 0 Å². The third kappa shape index (κ3) is 1.89. The Balaban J connectivity index is 2.54. The normalized spacial score (nSPS) is 10.3. The first kappa shape index (κ1) is 10.2. The molecule has 1 aromatic heterocycles. The number of carbonyl (C=O) groups excluding carboxylic acids is 1. The van der Waals surface area contributed by atoms with Gasteiger partial charge in [-0.3, -0.25) is 9.89 Å². The molecule has 1 N–H and O–H groups in total. The quantitative estimate of drug-likeness (QED) is 0.820. The van der Waals surface area contributed by atoms with Crippen LogP contribution in [-0.4, -0.2) is 16.5 Å². The average Bonchev–Trinajstić information content (AvgIpc) is 2.59. The van der Waals surface area contributed by atoms with Gasteiger partial charge in [-0.05, 0) is 12.1 Å². The lowest BCUT2D eigenvalue weighted by molar-refractivity contribution is 0.111. The maximum atomic E-state index is 10.6. The SMILES string of the molecule is O=Cc1[nH]nc(-c2cccc(Cl)c2)c1Cl. The molecule has 0 bridgehead atoms. The summed E-state index contributed by atoms with van der Waals surface area (Å²) in [6.07, 6.45) is 0.628. The lowest BCUT2D eigenvalue weighted by atomic mass is 10.1. The number of benzene rings is 1. The highest BCUT2D eigenvalue weighted by Crippen LogP contribution is 2.28. The Bertz CT molecular complexity index is 508. The molecule has 3 nitrogen and oxygen atoms in total. The van der Waals surface area contributed by atoms with E-state index in [9.17, 15) is 4.79 Å². The van der Waals surface area contributed by atoms with E-state index in [1.165, 1.54) is 0 Å². The first-order valence-electron chi connectivity index (χ1n) is 4.17. The number of rotatable bonds is 2. The summed E-state index contributed by atoms with van der Waals surface area (Å²) in [5.41, 5.74) is 1.57. The van der Waals surface area contributed by atoms with Crippen molar-refractivity contribution >= 4 is 29.5 Å². The summed E-state index contributed by atoms with van der Waals surface area (Å²) in [5, 5.41) is 7.41. The largest absolute Gasteiger partial charge is 0.296 e. The topological polar surface area (TPSA) is 45.8 Å². The third-order valence-corrected chi connectivity index (χ3v) is 2.57. The van der Waals surface area contributed by atoms with Crippen LogP contribution in [0.15, 0.2) is 24.3 Å². The van der Waals surface area contributed by atoms with Crippen molar-refractivity contribution in [3.05, 3.63) is 40.0 Å². The molecular weight excluding hydrogens is 235 g/mol. The van der Waals surface area contributed by atoms with Crippen molar-refractivity contribution < 1.29 is 4.79 Å². The molecule has 0 spiro atoms. The fourth-order valence-electron chi connectivity index (χ4n) is 1.25. The zero-order valence-corrected chi connectivity index (χ0v) is 9.01. The summed E-state index contributed by atoms with van der Waals surface area (Å²) in [6.45, 7) is 0. The second-order valence-corrected chi connectivity index (χ2v) is 3.74. The highest BCUT2D eigenvalue weighted by atomic mass is 35.5. The molecule has 0 saturated carbocycles. The van der Waals surface area contributed by atoms with Gasteiger partial charge in [0.25, 0.3) is 0 Å². The number of aldehydes is 1. The molecule has 2 rings (SSSR count). The molecule has 0 aliphatic heterocycles. The Morgan fingerprint density at radius 1 is 1.33 bits per heavy atom. The molecule has 76 valence electrons. The van der Waals surface area contributed by atoms with Gasteiger partial charge in [-0.25, -0.2) is 0 Å². The van der Waals surface area contributed by atoms with E-state index in [0.717, 1.165) is 5.56 Å². The lowest BCUT2D eigenvalue weighted by Gasteiger charge is -1.97. The molecule has 0 fully saturated rings. The van der Waals surface area contributed by atoms with Gasteiger partial charge in [0.2, 0.25) is 0 Å². The molecular formula is C10H6Cl2N2O. The zero-order valence-electron chi connectivity index (χ0n) is 7.50. The van der Waals surface area contributed by atoms with E-state index in [-0.39, 0.29) is 5.69 Å². The number of carbonyl (C=O) groups is 1. The number of H-pyrrole nitrogens is 1. The van der Waals surface area contributed by atoms with Crippen LogP contribution in [-0.2, 0) is 0 Å². The Morgan fingerprint density at radius 2 is 2.13 bits per heavy atom. The number of nitrogens with zero attached hydrogens (tertiary/aromatic N) is 1. The Morgan fingerprint density at radius 3 is 2.73 bits per heavy atom. The molecule has 0 saturated heterocycles. The number of hydrogen-bond donors (Lipinski definition) is 1. The van der Waals surface area contributed by atoms with Gasteiger partial charge < -0.3 is 0 Å². The fourth-order valence-corrected chi connectivity index (χ4v) is 1.68. The first-order chi connectivity index (χ1) is 7.22. The van der Waals surface area contributed by atoms with Crippen LogP contribution in [0.25, 0.3) is 11.3 Å². The van der Waals surface area contributed by atoms with Crippen LogP contribution in [0.1, 0.15) is 10.5 Å². The van der Waals surface area contributed by atoms with E-state index in [1.54, 1.807) is 18.2 Å². The minimum Gasteiger partial charge on any atom is -0.296 e. The highest BCUT2D eigenvalue weighted by molar-refractivity contribution is 6.35. The van der Waals surface area contributed by atoms with Gasteiger partial charge in [-0.2, -0.15) is 5.10 Å². The molecule has 0 atom stereocenters. The maximum absolute atomic E-state index is 10.6. The van der Waals surface area contributed by atoms with Gasteiger partial charge in [0.1, 0.15) is 11.4 Å². The summed E-state index contributed by atoms with van der Waals surface area (Å²) in [5.74, 6) is 0. The smallest absolute Gasteiger partial charge is 0.169 e. The minimum absolute atomic E-state index is 0.270. The van der Waals surface area contributed by atoms with Gasteiger partial charge >= 0.3 is 0 Å². The molecule has 15 heavy (non-hydrogen) atoms. The van der Waals surface area contributed by atoms with Crippen molar-refractivity contribution in [3.8, 4) is 11.3 Å². The van der Waals surface area contributed by atoms with Crippen molar-refractivity contribution in [1.82, 2.24) is 10.2 Å². The van der Waals surface area contributed by atoms with E-state index in [1.807, 2.05) is 6.07 Å². The average molecular weight is 241 g/mol. The first-order valence-corrected chi connectivity index (χ1v) is 4.93. The number of aromatic nitrogens is 2. The lowest BCUT2D eigenvalue weighted by Crippen LogP contribution is -1.78. The second-order valence-electron chi connectivity index (χ2n) is 2.93. The van der Waals surface area contributed by atoms with Crippen LogP contribution in [0.5, 0.6) is 0 Å². The molecule has 1 heterocycles. The molecule has 1 aromatic carbocycles. The summed E-state index contributed by atoms with van der Waals surface area (Å²) < 4.78 is 0. The number of nitrogens with one attached hydrogen (secondary N) is 1. The third-order valence-electron chi connectivity index (χ3n) is 1.95. The summed E-state index contributed by atoms with van der Waals surface area (Å²) in [4.78, 5) is 10.6. The Hall–Kier alpha value is -1.32. The van der Waals surface area contributed by atoms with Crippen molar-refractivity contribution in [1.29, 1.82) is 0 Å². The number of hydrogen-bond acceptors (Lipinski definition) is 2. The van der Waals surface area contributed by atoms with Gasteiger partial charge in [-0.15, -0.1) is 0 Å². The van der Waals surface area contributed by atoms with Crippen LogP contribution in [0.2, 0.25) is 10.0 Å². The van der Waals surface area contributed by atoms with E-state index < -0.39 is 0 Å². The molecule has 2 aromatic rings. The maximum Gasteiger partial charge on any atom is 0.169 e. The predicted octanol–water partition coefficient (Wildman–Crippen LogP) is 3.20. The van der Waals surface area contributed by atoms with E-state index in [4.69, 9.17) is 23.2 Å². The van der Waals surface area contributed by atoms with Crippen LogP contribution in [0.4, 0.5) is 0 Å². The standard InChI is InChI=1S/C10H6Cl2N2O/c11-7-3-1-2-6(4-7)10-9(12)8(5-15)13-14-10/h1-5H,(H,13,14). The summed E-state index contributed by atoms with van der Waals surface area (Å²) >= 11 is 11.8. The molecule has 0 radical (unpaired) electrons. The van der Waals surface area contributed by atoms with Crippen molar-refractivity contribution in [2.24, 2.45) is 0 Å². The highest BCUT2D eigenvalue weighted by Gasteiger charge is 2.12. The van der Waals surface area contributed by atoms with Gasteiger partial charge in [-0.1, -0.05) is 35.3 Å². The molecule has 0 aliphatic rings. The number of aromatic amines is 1. The van der Waals surface area contributed by atoms with E-state index in [0.29, 0.717) is 22.0 Å². The molecule has 0 aliphatic carbocycles. The van der Waals surface area contributed by atoms with Gasteiger partial charge in [0.15, 0.2) is 6.29 Å². The molecule has 0 unspecified atom stereocenters. The van der Waals surface area contributed by atoms with E-state index in [2.05, 4.69) is 10.2 Å². The van der Waals surface area contributed by atoms with Crippen LogP contribution >= 0.6 is 23.2 Å². The van der Waals surface area contributed by atoms with Crippen LogP contribution in [0, 0.1) is 0 Å². The van der Waals surface area contributed by atoms with Crippen molar-refractivity contribution in [2.75, 3.05) is 0 Å².